The van der Waals surface area contributed by atoms with Crippen LogP contribution >= 0.6 is 0 Å². The van der Waals surface area contributed by atoms with Crippen molar-refractivity contribution < 1.29 is 86.6 Å². The Hall–Kier alpha value is -10.0. The number of fused-ring (bicyclic) bond motifs is 3. The summed E-state index contributed by atoms with van der Waals surface area (Å²) >= 11 is 0. The third-order valence-electron chi connectivity index (χ3n) is 13.9. The van der Waals surface area contributed by atoms with Gasteiger partial charge in [-0.15, -0.1) is 0 Å². The molecule has 26 nitrogen and oxygen atoms in total. The zero-order chi connectivity index (χ0) is 64.5. The van der Waals surface area contributed by atoms with Gasteiger partial charge in [0.1, 0.15) is 49.4 Å². The molecule has 0 spiro atoms. The van der Waals surface area contributed by atoms with Gasteiger partial charge in [0.25, 0.3) is 0 Å². The van der Waals surface area contributed by atoms with E-state index in [1.54, 1.807) is 0 Å². The van der Waals surface area contributed by atoms with E-state index < -0.39 is 139 Å². The van der Waals surface area contributed by atoms with Crippen molar-refractivity contribution >= 4 is 65.4 Å². The van der Waals surface area contributed by atoms with E-state index in [0.717, 1.165) is 50.7 Å². The van der Waals surface area contributed by atoms with Crippen molar-refractivity contribution in [3.8, 4) is 11.1 Å². The van der Waals surface area contributed by atoms with Crippen molar-refractivity contribution in [2.75, 3.05) is 48.1 Å². The van der Waals surface area contributed by atoms with E-state index in [0.29, 0.717) is 16.7 Å². The predicted molar refractivity (Wildman–Crippen MR) is 314 cm³/mol. The van der Waals surface area contributed by atoms with Crippen molar-refractivity contribution in [1.29, 1.82) is 0 Å². The molecule has 6 rings (SSSR count). The number of ether oxygens (including phenoxy) is 5. The first kappa shape index (κ1) is 68.7. The van der Waals surface area contributed by atoms with Crippen LogP contribution in [0, 0.1) is 0 Å². The minimum absolute atomic E-state index is 0.133. The first-order valence-corrected chi connectivity index (χ1v) is 27.5. The van der Waals surface area contributed by atoms with E-state index in [-0.39, 0.29) is 18.9 Å². The van der Waals surface area contributed by atoms with Crippen LogP contribution < -0.4 is 43.0 Å². The van der Waals surface area contributed by atoms with Crippen molar-refractivity contribution in [3.63, 3.8) is 0 Å². The second-order valence-electron chi connectivity index (χ2n) is 19.9. The molecular formula is C62H72N8O18. The molecule has 0 radical (unpaired) electrons. The second-order valence-corrected chi connectivity index (χ2v) is 19.9. The number of rotatable bonds is 27. The van der Waals surface area contributed by atoms with Gasteiger partial charge in [0, 0.05) is 5.92 Å². The molecule has 0 bridgehead atoms. The average molecular weight is 1220 g/mol. The summed E-state index contributed by atoms with van der Waals surface area (Å²) in [4.78, 5) is 140. The molecule has 7 unspecified atom stereocenters. The number of nitrogens with one attached hydrogen (secondary N) is 7. The quantitative estimate of drug-likeness (QED) is 0.0196. The van der Waals surface area contributed by atoms with Crippen LogP contribution in [0.15, 0.2) is 140 Å². The molecular weight excluding hydrogens is 1140 g/mol. The smallest absolute Gasteiger partial charge is 0.407 e. The van der Waals surface area contributed by atoms with Crippen LogP contribution in [0.25, 0.3) is 11.1 Å². The molecule has 7 amide bonds. The fourth-order valence-corrected chi connectivity index (χ4v) is 9.31. The highest BCUT2D eigenvalue weighted by atomic mass is 16.6. The Bertz CT molecular complexity index is 3100. The fourth-order valence-electron chi connectivity index (χ4n) is 9.31. The van der Waals surface area contributed by atoms with Crippen molar-refractivity contribution in [3.05, 3.63) is 167 Å². The number of aliphatic hydroxyl groups is 2. The Balaban J connectivity index is 0.000000544. The summed E-state index contributed by atoms with van der Waals surface area (Å²) in [6.07, 6.45) is -5.68. The van der Waals surface area contributed by atoms with Gasteiger partial charge in [0.2, 0.25) is 35.4 Å². The van der Waals surface area contributed by atoms with Crippen molar-refractivity contribution in [1.82, 2.24) is 37.2 Å². The average Bonchev–Trinajstić information content (AvgIpc) is 3.79. The topological polar surface area (TPSA) is 385 Å². The zero-order valence-corrected chi connectivity index (χ0v) is 49.1. The molecule has 0 heterocycles. The van der Waals surface area contributed by atoms with Gasteiger partial charge in [-0.1, -0.05) is 140 Å². The Morgan fingerprint density at radius 2 is 0.841 bits per heavy atom. The molecule has 26 heteroatoms. The van der Waals surface area contributed by atoms with Crippen LogP contribution in [0.3, 0.4) is 0 Å². The Morgan fingerprint density at radius 3 is 1.26 bits per heavy atom. The molecule has 88 heavy (non-hydrogen) atoms. The summed E-state index contributed by atoms with van der Waals surface area (Å²) in [5.41, 5.74) is 10.1. The summed E-state index contributed by atoms with van der Waals surface area (Å²) in [7, 11) is 4.45. The number of alkyl carbamates (subject to hydrolysis) is 1. The molecule has 5 aromatic carbocycles. The molecule has 0 aliphatic heterocycles. The molecule has 0 aromatic heterocycles. The summed E-state index contributed by atoms with van der Waals surface area (Å²) in [5.74, 6) is -8.97. The van der Waals surface area contributed by atoms with Crippen LogP contribution in [0.1, 0.15) is 66.8 Å². The van der Waals surface area contributed by atoms with E-state index in [2.05, 4.69) is 51.4 Å². The van der Waals surface area contributed by atoms with Gasteiger partial charge >= 0.3 is 30.0 Å². The largest absolute Gasteiger partial charge is 0.469 e. The molecule has 0 fully saturated rings. The third kappa shape index (κ3) is 19.0. The van der Waals surface area contributed by atoms with Gasteiger partial charge in [0.15, 0.2) is 0 Å². The van der Waals surface area contributed by atoms with Gasteiger partial charge < -0.3 is 76.8 Å². The highest BCUT2D eigenvalue weighted by molar-refractivity contribution is 5.98. The normalized spacial score (nSPS) is 13.7. The molecule has 468 valence electrons. The minimum atomic E-state index is -1.77. The number of amides is 7. The number of esters is 4. The van der Waals surface area contributed by atoms with Gasteiger partial charge in [-0.2, -0.15) is 0 Å². The van der Waals surface area contributed by atoms with Gasteiger partial charge in [-0.3, -0.25) is 47.9 Å². The molecule has 5 aromatic rings. The highest BCUT2D eigenvalue weighted by Gasteiger charge is 2.41. The molecule has 7 atom stereocenters. The highest BCUT2D eigenvalue weighted by Crippen LogP contribution is 2.44. The summed E-state index contributed by atoms with van der Waals surface area (Å²) < 4.78 is 23.8. The predicted octanol–water partition coefficient (Wildman–Crippen LogP) is 0.626. The van der Waals surface area contributed by atoms with Crippen LogP contribution in [0.4, 0.5) is 4.79 Å². The number of benzene rings is 5. The molecule has 11 N–H and O–H groups in total. The lowest BCUT2D eigenvalue weighted by Crippen LogP contribution is -2.60. The van der Waals surface area contributed by atoms with E-state index >= 15 is 0 Å². The third-order valence-corrected chi connectivity index (χ3v) is 13.9. The maximum absolute atomic E-state index is 14.6. The first-order valence-electron chi connectivity index (χ1n) is 27.5. The Kier molecular flexibility index (Phi) is 26.2. The lowest BCUT2D eigenvalue weighted by Gasteiger charge is -2.37. The summed E-state index contributed by atoms with van der Waals surface area (Å²) in [6.45, 7) is 1.34. The van der Waals surface area contributed by atoms with Crippen molar-refractivity contribution in [2.24, 2.45) is 5.73 Å². The van der Waals surface area contributed by atoms with E-state index in [1.165, 1.54) is 13.8 Å². The Labute approximate surface area is 506 Å². The number of aliphatic hydroxyl groups excluding tert-OH is 2. The fraction of sp³-hybridized carbons (Fsp3) is 0.339. The Morgan fingerprint density at radius 1 is 0.466 bits per heavy atom. The SMILES string of the molecule is COC(=O)CNC(=O)C(NC(=O)C(CC(=O)OC)NC(=O)C(CC(=O)NC(c1ccccc1)(c1ccccc1)c1ccccc1)NC(=O)OCC1c2ccccc2-c2ccccc21)C(C)O.COC(=O)CNC(=O)C(NC(=O)C(N)CC(=O)OC)C(C)O. The summed E-state index contributed by atoms with van der Waals surface area (Å²) in [5, 5.41) is 37.0. The zero-order valence-electron chi connectivity index (χ0n) is 49.1. The monoisotopic (exact) mass is 1220 g/mol. The van der Waals surface area contributed by atoms with Crippen LogP contribution in [0.5, 0.6) is 0 Å². The van der Waals surface area contributed by atoms with Crippen LogP contribution in [-0.2, 0) is 77.2 Å². The van der Waals surface area contributed by atoms with Gasteiger partial charge in [-0.05, 0) is 52.8 Å². The number of carbonyl (C=O) groups is 11. The lowest BCUT2D eigenvalue weighted by atomic mass is 9.77. The second kappa shape index (κ2) is 33.6. The number of methoxy groups -OCH3 is 4. The van der Waals surface area contributed by atoms with Crippen LogP contribution in [-0.4, -0.2) is 166 Å². The number of hydrogen-bond acceptors (Lipinski definition) is 19. The first-order chi connectivity index (χ1) is 42.1. The van der Waals surface area contributed by atoms with E-state index in [4.69, 9.17) is 15.2 Å². The summed E-state index contributed by atoms with van der Waals surface area (Å²) in [6, 6.07) is 35.3. The van der Waals surface area contributed by atoms with Gasteiger partial charge in [-0.25, -0.2) is 4.79 Å². The van der Waals surface area contributed by atoms with Gasteiger partial charge in [0.05, 0.1) is 66.0 Å². The minimum Gasteiger partial charge on any atom is -0.469 e. The lowest BCUT2D eigenvalue weighted by molar-refractivity contribution is -0.145. The molecule has 0 saturated carbocycles. The maximum Gasteiger partial charge on any atom is 0.407 e. The number of carbonyl (C=O) groups excluding carboxylic acids is 11. The molecule has 0 saturated heterocycles. The molecule has 1 aliphatic carbocycles. The van der Waals surface area contributed by atoms with E-state index in [9.17, 15) is 63.0 Å². The van der Waals surface area contributed by atoms with E-state index in [1.807, 2.05) is 140 Å². The van der Waals surface area contributed by atoms with Crippen LogP contribution in [0.2, 0.25) is 0 Å². The van der Waals surface area contributed by atoms with Crippen molar-refractivity contribution in [2.45, 2.75) is 87.0 Å². The number of hydrogen-bond donors (Lipinski definition) is 10. The molecule has 1 aliphatic rings. The number of nitrogens with two attached hydrogens (primary N) is 1. The standard InChI is InChI=1S/C50H51N5O11.C12H21N3O7/c1-31(56)45(48(62)51-29-44(59)65-3)54-47(61)41(28-43(58)64-2)52-46(60)40(53-49(63)66-30-39-37-25-15-13-23-35(37)36-24-14-16-26-38(36)39)27-42(57)55-50(32-17-7-4-8-18-32,33-19-9-5-10-20-33)34-21-11-6-12-22-34;1-6(16)10(12(20)14-5-9(18)22-3)15-11(19)7(13)4-8(17)21-2/h4-26,31,39-41,45,56H,27-30H2,1-3H3,(H,51,62)(H,52,60)(H,53,63)(H,54,61)(H,55,57);6-7,10,16H,4-5,13H2,1-3H3,(H,14,20)(H,15,19). The maximum atomic E-state index is 14.6.